The molecule has 4 rings (SSSR count). The third-order valence-corrected chi connectivity index (χ3v) is 7.25. The molecule has 182 valence electrons. The van der Waals surface area contributed by atoms with Gasteiger partial charge in [-0.3, -0.25) is 9.59 Å². The van der Waals surface area contributed by atoms with E-state index in [1.165, 1.54) is 11.6 Å². The van der Waals surface area contributed by atoms with E-state index in [0.717, 1.165) is 36.8 Å². The van der Waals surface area contributed by atoms with Crippen LogP contribution in [-0.4, -0.2) is 44.2 Å². The van der Waals surface area contributed by atoms with Crippen molar-refractivity contribution >= 4 is 11.9 Å². The number of hydrogen-bond donors (Lipinski definition) is 4. The van der Waals surface area contributed by atoms with E-state index in [9.17, 15) is 24.9 Å². The van der Waals surface area contributed by atoms with Gasteiger partial charge in [0.15, 0.2) is 0 Å². The van der Waals surface area contributed by atoms with Crippen LogP contribution >= 0.6 is 0 Å². The maximum Gasteiger partial charge on any atom is 0.323 e. The normalized spacial score (nSPS) is 16.7. The Labute approximate surface area is 200 Å². The molecule has 0 atom stereocenters. The molecule has 0 aromatic heterocycles. The zero-order valence-electron chi connectivity index (χ0n) is 19.9. The molecular weight excluding hydrogens is 432 g/mol. The number of amides is 1. The number of carbonyl (C=O) groups excluding carboxylic acids is 1. The van der Waals surface area contributed by atoms with E-state index in [1.54, 1.807) is 11.0 Å². The molecule has 0 saturated heterocycles. The summed E-state index contributed by atoms with van der Waals surface area (Å²) >= 11 is 0. The summed E-state index contributed by atoms with van der Waals surface area (Å²) in [5, 5.41) is 33.2. The van der Waals surface area contributed by atoms with Crippen LogP contribution in [0.4, 0.5) is 0 Å². The number of aromatic hydroxyl groups is 2. The Bertz CT molecular complexity index is 1090. The summed E-state index contributed by atoms with van der Waals surface area (Å²) in [4.78, 5) is 26.5. The molecule has 1 fully saturated rings. The molecule has 2 aliphatic rings. The summed E-state index contributed by atoms with van der Waals surface area (Å²) < 4.78 is 0. The van der Waals surface area contributed by atoms with Gasteiger partial charge in [-0.1, -0.05) is 44.9 Å². The Hall–Kier alpha value is -3.06. The first kappa shape index (κ1) is 24.1. The maximum atomic E-state index is 13.2. The van der Waals surface area contributed by atoms with Gasteiger partial charge in [0, 0.05) is 19.2 Å². The average Bonchev–Trinajstić information content (AvgIpc) is 3.44. The molecular formula is C27H34N2O5. The number of fused-ring (bicyclic) bond motifs is 1. The van der Waals surface area contributed by atoms with Crippen molar-refractivity contribution in [3.05, 3.63) is 58.1 Å². The SMILES string of the molecule is CC(C)c1cc(C(=O)N2Cc3ccc(CCCNC4(C(=O)O)CCCC4)cc3C2)c(O)cc1O. The lowest BCUT2D eigenvalue weighted by molar-refractivity contribution is -0.144. The van der Waals surface area contributed by atoms with Crippen LogP contribution in [0.15, 0.2) is 30.3 Å². The summed E-state index contributed by atoms with van der Waals surface area (Å²) in [6, 6.07) is 9.09. The molecule has 0 spiro atoms. The number of carbonyl (C=O) groups is 2. The number of carboxylic acid groups (broad SMARTS) is 1. The largest absolute Gasteiger partial charge is 0.508 e. The molecule has 1 heterocycles. The lowest BCUT2D eigenvalue weighted by atomic mass is 9.97. The number of benzene rings is 2. The van der Waals surface area contributed by atoms with Gasteiger partial charge in [-0.15, -0.1) is 0 Å². The Morgan fingerprint density at radius 1 is 1.03 bits per heavy atom. The van der Waals surface area contributed by atoms with Gasteiger partial charge in [-0.25, -0.2) is 0 Å². The van der Waals surface area contributed by atoms with Crippen LogP contribution in [0.25, 0.3) is 0 Å². The molecule has 7 heteroatoms. The van der Waals surface area contributed by atoms with Gasteiger partial charge in [0.2, 0.25) is 0 Å². The van der Waals surface area contributed by atoms with Crippen LogP contribution in [0.2, 0.25) is 0 Å². The Kier molecular flexibility index (Phi) is 6.84. The van der Waals surface area contributed by atoms with Crippen molar-refractivity contribution in [3.8, 4) is 11.5 Å². The van der Waals surface area contributed by atoms with Gasteiger partial charge in [0.25, 0.3) is 5.91 Å². The lowest BCUT2D eigenvalue weighted by Gasteiger charge is -2.25. The fraction of sp³-hybridized carbons (Fsp3) is 0.481. The number of nitrogens with zero attached hydrogens (tertiary/aromatic N) is 1. The molecule has 4 N–H and O–H groups in total. The summed E-state index contributed by atoms with van der Waals surface area (Å²) in [6.45, 7) is 5.47. The molecule has 1 saturated carbocycles. The molecule has 0 bridgehead atoms. The highest BCUT2D eigenvalue weighted by Crippen LogP contribution is 2.35. The number of rotatable bonds is 8. The minimum atomic E-state index is -0.756. The zero-order valence-corrected chi connectivity index (χ0v) is 19.9. The minimum absolute atomic E-state index is 0.00454. The van der Waals surface area contributed by atoms with E-state index in [2.05, 4.69) is 23.5 Å². The molecule has 1 aliphatic heterocycles. The fourth-order valence-corrected chi connectivity index (χ4v) is 5.21. The van der Waals surface area contributed by atoms with Crippen molar-refractivity contribution in [2.24, 2.45) is 0 Å². The second kappa shape index (κ2) is 9.66. The van der Waals surface area contributed by atoms with Crippen LogP contribution in [0.1, 0.15) is 84.5 Å². The van der Waals surface area contributed by atoms with E-state index in [4.69, 9.17) is 0 Å². The van der Waals surface area contributed by atoms with Gasteiger partial charge < -0.3 is 25.5 Å². The number of nitrogens with one attached hydrogen (secondary N) is 1. The Morgan fingerprint density at radius 3 is 2.41 bits per heavy atom. The van der Waals surface area contributed by atoms with E-state index >= 15 is 0 Å². The Morgan fingerprint density at radius 2 is 1.74 bits per heavy atom. The fourth-order valence-electron chi connectivity index (χ4n) is 5.21. The van der Waals surface area contributed by atoms with E-state index in [-0.39, 0.29) is 28.9 Å². The summed E-state index contributed by atoms with van der Waals surface area (Å²) in [5.74, 6) is -1.18. The third-order valence-electron chi connectivity index (χ3n) is 7.25. The van der Waals surface area contributed by atoms with Crippen LogP contribution in [-0.2, 0) is 24.3 Å². The molecule has 0 unspecified atom stereocenters. The van der Waals surface area contributed by atoms with E-state index in [1.807, 2.05) is 13.8 Å². The molecule has 34 heavy (non-hydrogen) atoms. The number of phenolic OH excluding ortho intramolecular Hbond substituents is 2. The molecule has 1 aliphatic carbocycles. The third kappa shape index (κ3) is 4.75. The smallest absolute Gasteiger partial charge is 0.323 e. The number of aryl methyl sites for hydroxylation is 1. The molecule has 0 radical (unpaired) electrons. The summed E-state index contributed by atoms with van der Waals surface area (Å²) in [6.07, 6.45) is 4.98. The second-order valence-electron chi connectivity index (χ2n) is 9.97. The van der Waals surface area contributed by atoms with Crippen molar-refractivity contribution in [3.63, 3.8) is 0 Å². The van der Waals surface area contributed by atoms with Gasteiger partial charge >= 0.3 is 5.97 Å². The number of carboxylic acids is 1. The van der Waals surface area contributed by atoms with Crippen LogP contribution < -0.4 is 5.32 Å². The maximum absolute atomic E-state index is 13.2. The molecule has 1 amide bonds. The van der Waals surface area contributed by atoms with Crippen molar-refractivity contribution in [1.29, 1.82) is 0 Å². The Balaban J connectivity index is 1.37. The predicted octanol–water partition coefficient (Wildman–Crippen LogP) is 4.30. The van der Waals surface area contributed by atoms with Gasteiger partial charge in [-0.2, -0.15) is 0 Å². The number of phenols is 2. The topological polar surface area (TPSA) is 110 Å². The highest BCUT2D eigenvalue weighted by molar-refractivity contribution is 5.97. The standard InChI is InChI=1S/C27H34N2O5/c1-17(2)21-13-22(24(31)14-23(21)30)25(32)29-15-19-8-7-18(12-20(19)16-29)6-5-11-28-27(26(33)34)9-3-4-10-27/h7-8,12-14,17,28,30-31H,3-6,9-11,15-16H2,1-2H3,(H,33,34). The summed E-state index contributed by atoms with van der Waals surface area (Å²) in [7, 11) is 0. The van der Waals surface area contributed by atoms with Crippen molar-refractivity contribution in [2.75, 3.05) is 6.54 Å². The van der Waals surface area contributed by atoms with Crippen molar-refractivity contribution in [2.45, 2.75) is 76.9 Å². The zero-order chi connectivity index (χ0) is 24.5. The predicted molar refractivity (Wildman–Crippen MR) is 129 cm³/mol. The monoisotopic (exact) mass is 466 g/mol. The number of aliphatic carboxylic acids is 1. The summed E-state index contributed by atoms with van der Waals surface area (Å²) in [5.41, 5.74) is 3.44. The first-order valence-corrected chi connectivity index (χ1v) is 12.1. The van der Waals surface area contributed by atoms with Gasteiger partial charge in [-0.05, 0) is 66.5 Å². The molecule has 7 nitrogen and oxygen atoms in total. The quantitative estimate of drug-likeness (QED) is 0.432. The van der Waals surface area contributed by atoms with Crippen LogP contribution in [0.5, 0.6) is 11.5 Å². The second-order valence-corrected chi connectivity index (χ2v) is 9.97. The highest BCUT2D eigenvalue weighted by Gasteiger charge is 2.40. The van der Waals surface area contributed by atoms with E-state index in [0.29, 0.717) is 38.0 Å². The molecule has 2 aromatic carbocycles. The van der Waals surface area contributed by atoms with Crippen LogP contribution in [0.3, 0.4) is 0 Å². The first-order valence-electron chi connectivity index (χ1n) is 12.1. The number of hydrogen-bond acceptors (Lipinski definition) is 5. The minimum Gasteiger partial charge on any atom is -0.508 e. The van der Waals surface area contributed by atoms with Crippen molar-refractivity contribution in [1.82, 2.24) is 10.2 Å². The van der Waals surface area contributed by atoms with Crippen molar-refractivity contribution < 1.29 is 24.9 Å². The lowest BCUT2D eigenvalue weighted by Crippen LogP contribution is -2.50. The highest BCUT2D eigenvalue weighted by atomic mass is 16.4. The molecule has 2 aromatic rings. The van der Waals surface area contributed by atoms with Gasteiger partial charge in [0.1, 0.15) is 17.0 Å². The van der Waals surface area contributed by atoms with E-state index < -0.39 is 11.5 Å². The average molecular weight is 467 g/mol. The van der Waals surface area contributed by atoms with Gasteiger partial charge in [0.05, 0.1) is 5.56 Å². The first-order chi connectivity index (χ1) is 16.2. The van der Waals surface area contributed by atoms with Crippen LogP contribution in [0, 0.1) is 0 Å².